The molecule has 0 radical (unpaired) electrons. The number of carbonyl (C=O) groups excluding carboxylic acids is 1. The lowest BCUT2D eigenvalue weighted by Gasteiger charge is -2.23. The SMILES string of the molecule is CCOc1cc(C)ccc1NC(=O)C1CC12CCNCC2. The molecule has 2 aliphatic rings. The number of rotatable bonds is 4. The van der Waals surface area contributed by atoms with Crippen LogP contribution in [0.4, 0.5) is 5.69 Å². The van der Waals surface area contributed by atoms with Crippen molar-refractivity contribution in [1.82, 2.24) is 5.32 Å². The van der Waals surface area contributed by atoms with Crippen LogP contribution in [-0.2, 0) is 4.79 Å². The van der Waals surface area contributed by atoms with Crippen molar-refractivity contribution in [3.8, 4) is 5.75 Å². The molecule has 4 nitrogen and oxygen atoms in total. The number of piperidine rings is 1. The molecule has 4 heteroatoms. The average Bonchev–Trinajstić information content (AvgIpc) is 3.16. The Bertz CT molecular complexity index is 536. The predicted octanol–water partition coefficient (Wildman–Crippen LogP) is 2.72. The molecule has 114 valence electrons. The highest BCUT2D eigenvalue weighted by atomic mass is 16.5. The summed E-state index contributed by atoms with van der Waals surface area (Å²) >= 11 is 0. The maximum absolute atomic E-state index is 12.5. The fourth-order valence-corrected chi connectivity index (χ4v) is 3.42. The number of ether oxygens (including phenoxy) is 1. The van der Waals surface area contributed by atoms with E-state index < -0.39 is 0 Å². The summed E-state index contributed by atoms with van der Waals surface area (Å²) in [6.45, 7) is 6.67. The van der Waals surface area contributed by atoms with E-state index in [1.807, 2.05) is 32.0 Å². The van der Waals surface area contributed by atoms with Crippen molar-refractivity contribution in [3.05, 3.63) is 23.8 Å². The summed E-state index contributed by atoms with van der Waals surface area (Å²) in [4.78, 5) is 12.5. The maximum Gasteiger partial charge on any atom is 0.228 e. The number of amides is 1. The van der Waals surface area contributed by atoms with Crippen molar-refractivity contribution < 1.29 is 9.53 Å². The van der Waals surface area contributed by atoms with E-state index in [0.717, 1.165) is 49.4 Å². The Kier molecular flexibility index (Phi) is 3.89. The molecule has 1 aliphatic heterocycles. The highest BCUT2D eigenvalue weighted by molar-refractivity contribution is 5.96. The molecule has 1 spiro atoms. The zero-order chi connectivity index (χ0) is 14.9. The fraction of sp³-hybridized carbons (Fsp3) is 0.588. The molecule has 1 heterocycles. The van der Waals surface area contributed by atoms with E-state index >= 15 is 0 Å². The molecule has 1 atom stereocenters. The van der Waals surface area contributed by atoms with Gasteiger partial charge in [-0.15, -0.1) is 0 Å². The predicted molar refractivity (Wildman–Crippen MR) is 83.6 cm³/mol. The minimum absolute atomic E-state index is 0.154. The first kappa shape index (κ1) is 14.4. The molecule has 2 N–H and O–H groups in total. The molecule has 1 aliphatic carbocycles. The van der Waals surface area contributed by atoms with Crippen LogP contribution in [0.5, 0.6) is 5.75 Å². The van der Waals surface area contributed by atoms with E-state index in [1.54, 1.807) is 0 Å². The van der Waals surface area contributed by atoms with E-state index in [1.165, 1.54) is 0 Å². The summed E-state index contributed by atoms with van der Waals surface area (Å²) < 4.78 is 5.63. The van der Waals surface area contributed by atoms with E-state index in [-0.39, 0.29) is 17.2 Å². The Hall–Kier alpha value is -1.55. The number of anilines is 1. The molecule has 1 saturated carbocycles. The molecule has 0 aromatic heterocycles. The van der Waals surface area contributed by atoms with Gasteiger partial charge in [0.25, 0.3) is 0 Å². The molecule has 1 amide bonds. The molecular formula is C17H24N2O2. The Labute approximate surface area is 126 Å². The van der Waals surface area contributed by atoms with Crippen LogP contribution in [0, 0.1) is 18.3 Å². The minimum atomic E-state index is 0.154. The van der Waals surface area contributed by atoms with Crippen LogP contribution < -0.4 is 15.4 Å². The van der Waals surface area contributed by atoms with Crippen molar-refractivity contribution in [3.63, 3.8) is 0 Å². The van der Waals surface area contributed by atoms with E-state index in [9.17, 15) is 4.79 Å². The third-order valence-electron chi connectivity index (χ3n) is 4.80. The lowest BCUT2D eigenvalue weighted by Crippen LogP contribution is -2.31. The molecule has 1 aromatic carbocycles. The zero-order valence-electron chi connectivity index (χ0n) is 12.9. The summed E-state index contributed by atoms with van der Waals surface area (Å²) in [7, 11) is 0. The van der Waals surface area contributed by atoms with Gasteiger partial charge in [-0.1, -0.05) is 6.07 Å². The second kappa shape index (κ2) is 5.68. The quantitative estimate of drug-likeness (QED) is 0.895. The lowest BCUT2D eigenvalue weighted by molar-refractivity contribution is -0.118. The zero-order valence-corrected chi connectivity index (χ0v) is 12.9. The summed E-state index contributed by atoms with van der Waals surface area (Å²) in [5, 5.41) is 6.44. The third-order valence-corrected chi connectivity index (χ3v) is 4.80. The van der Waals surface area contributed by atoms with Gasteiger partial charge in [0.15, 0.2) is 0 Å². The van der Waals surface area contributed by atoms with Gasteiger partial charge >= 0.3 is 0 Å². The van der Waals surface area contributed by atoms with Crippen LogP contribution in [0.3, 0.4) is 0 Å². The van der Waals surface area contributed by atoms with Gasteiger partial charge in [-0.2, -0.15) is 0 Å². The second-order valence-electron chi connectivity index (χ2n) is 6.29. The van der Waals surface area contributed by atoms with Crippen LogP contribution in [0.2, 0.25) is 0 Å². The van der Waals surface area contributed by atoms with E-state index in [2.05, 4.69) is 10.6 Å². The number of carbonyl (C=O) groups is 1. The molecule has 3 rings (SSSR count). The Morgan fingerprint density at radius 1 is 1.43 bits per heavy atom. The first-order valence-corrected chi connectivity index (χ1v) is 7.90. The first-order chi connectivity index (χ1) is 10.1. The normalized spacial score (nSPS) is 22.9. The number of hydrogen-bond acceptors (Lipinski definition) is 3. The number of benzene rings is 1. The fourth-order valence-electron chi connectivity index (χ4n) is 3.42. The molecule has 1 saturated heterocycles. The Morgan fingerprint density at radius 3 is 2.90 bits per heavy atom. The van der Waals surface area contributed by atoms with Crippen LogP contribution in [-0.4, -0.2) is 25.6 Å². The highest BCUT2D eigenvalue weighted by Gasteiger charge is 2.57. The monoisotopic (exact) mass is 288 g/mol. The molecule has 21 heavy (non-hydrogen) atoms. The Balaban J connectivity index is 1.68. The highest BCUT2D eigenvalue weighted by Crippen LogP contribution is 2.58. The van der Waals surface area contributed by atoms with Gasteiger partial charge in [-0.25, -0.2) is 0 Å². The Morgan fingerprint density at radius 2 is 2.19 bits per heavy atom. The molecule has 1 unspecified atom stereocenters. The van der Waals surface area contributed by atoms with Crippen LogP contribution in [0.15, 0.2) is 18.2 Å². The van der Waals surface area contributed by atoms with Gasteiger partial charge in [0.05, 0.1) is 12.3 Å². The van der Waals surface area contributed by atoms with Gasteiger partial charge < -0.3 is 15.4 Å². The molecule has 0 bridgehead atoms. The summed E-state index contributed by atoms with van der Waals surface area (Å²) in [6, 6.07) is 5.92. The van der Waals surface area contributed by atoms with Crippen LogP contribution >= 0.6 is 0 Å². The van der Waals surface area contributed by atoms with Gasteiger partial charge in [0.2, 0.25) is 5.91 Å². The lowest BCUT2D eigenvalue weighted by atomic mass is 9.92. The summed E-state index contributed by atoms with van der Waals surface area (Å²) in [5.74, 6) is 1.10. The van der Waals surface area contributed by atoms with Gasteiger partial charge in [-0.3, -0.25) is 4.79 Å². The molecule has 1 aromatic rings. The van der Waals surface area contributed by atoms with Crippen molar-refractivity contribution in [2.45, 2.75) is 33.1 Å². The maximum atomic E-state index is 12.5. The molecular weight excluding hydrogens is 264 g/mol. The number of hydrogen-bond donors (Lipinski definition) is 2. The van der Waals surface area contributed by atoms with Crippen molar-refractivity contribution in [2.75, 3.05) is 25.0 Å². The average molecular weight is 288 g/mol. The van der Waals surface area contributed by atoms with Gasteiger partial charge in [-0.05, 0) is 69.3 Å². The first-order valence-electron chi connectivity index (χ1n) is 7.90. The van der Waals surface area contributed by atoms with Crippen LogP contribution in [0.25, 0.3) is 0 Å². The number of aryl methyl sites for hydroxylation is 1. The van der Waals surface area contributed by atoms with Gasteiger partial charge in [0.1, 0.15) is 5.75 Å². The van der Waals surface area contributed by atoms with Gasteiger partial charge in [0, 0.05) is 5.92 Å². The second-order valence-corrected chi connectivity index (χ2v) is 6.29. The van der Waals surface area contributed by atoms with E-state index in [0.29, 0.717) is 6.61 Å². The van der Waals surface area contributed by atoms with Crippen LogP contribution in [0.1, 0.15) is 31.7 Å². The largest absolute Gasteiger partial charge is 0.492 e. The van der Waals surface area contributed by atoms with Crippen molar-refractivity contribution in [1.29, 1.82) is 0 Å². The third kappa shape index (κ3) is 2.91. The summed E-state index contributed by atoms with van der Waals surface area (Å²) in [6.07, 6.45) is 3.28. The minimum Gasteiger partial charge on any atom is -0.492 e. The van der Waals surface area contributed by atoms with E-state index in [4.69, 9.17) is 4.74 Å². The standard InChI is InChI=1S/C17H24N2O2/c1-3-21-15-10-12(2)4-5-14(15)19-16(20)13-11-17(13)6-8-18-9-7-17/h4-5,10,13,18H,3,6-9,11H2,1-2H3,(H,19,20). The van der Waals surface area contributed by atoms with Crippen molar-refractivity contribution >= 4 is 11.6 Å². The smallest absolute Gasteiger partial charge is 0.228 e. The summed E-state index contributed by atoms with van der Waals surface area (Å²) in [5.41, 5.74) is 2.20. The number of nitrogens with one attached hydrogen (secondary N) is 2. The van der Waals surface area contributed by atoms with Crippen molar-refractivity contribution in [2.24, 2.45) is 11.3 Å². The molecule has 2 fully saturated rings. The topological polar surface area (TPSA) is 50.4 Å².